The number of hydrogen-bond acceptors (Lipinski definition) is 4. The number of aromatic nitrogens is 2. The van der Waals surface area contributed by atoms with Gasteiger partial charge in [-0.1, -0.05) is 20.8 Å². The highest BCUT2D eigenvalue weighted by Gasteiger charge is 2.32. The molecule has 0 saturated carbocycles. The molecule has 2 unspecified atom stereocenters. The van der Waals surface area contributed by atoms with Gasteiger partial charge >= 0.3 is 0 Å². The van der Waals surface area contributed by atoms with Crippen LogP contribution in [0.25, 0.3) is 0 Å². The molecule has 0 bridgehead atoms. The summed E-state index contributed by atoms with van der Waals surface area (Å²) in [6, 6.07) is 5.08. The Balaban J connectivity index is 2.02. The number of hydrogen-bond donors (Lipinski definition) is 1. The van der Waals surface area contributed by atoms with E-state index in [0.717, 1.165) is 25.3 Å². The van der Waals surface area contributed by atoms with Crippen molar-refractivity contribution in [3.05, 3.63) is 24.0 Å². The molecule has 2 atom stereocenters. The molecular weight excluding hydrogens is 224 g/mol. The Morgan fingerprint density at radius 3 is 2.83 bits per heavy atom. The lowest BCUT2D eigenvalue weighted by atomic mass is 9.85. The van der Waals surface area contributed by atoms with Gasteiger partial charge in [0.25, 0.3) is 0 Å². The van der Waals surface area contributed by atoms with Gasteiger partial charge in [0.15, 0.2) is 0 Å². The minimum Gasteiger partial charge on any atom is -0.311 e. The van der Waals surface area contributed by atoms with E-state index in [1.165, 1.54) is 0 Å². The van der Waals surface area contributed by atoms with E-state index in [9.17, 15) is 0 Å². The van der Waals surface area contributed by atoms with Crippen molar-refractivity contribution in [2.24, 2.45) is 5.41 Å². The summed E-state index contributed by atoms with van der Waals surface area (Å²) in [7, 11) is 0. The summed E-state index contributed by atoms with van der Waals surface area (Å²) >= 11 is 0. The van der Waals surface area contributed by atoms with Crippen molar-refractivity contribution in [2.75, 3.05) is 13.1 Å². The first-order chi connectivity index (χ1) is 8.47. The molecule has 0 aromatic carbocycles. The summed E-state index contributed by atoms with van der Waals surface area (Å²) in [5.41, 5.74) is 1.35. The first kappa shape index (κ1) is 13.4. The highest BCUT2D eigenvalue weighted by atomic mass is 15.2. The topological polar surface area (TPSA) is 41.0 Å². The summed E-state index contributed by atoms with van der Waals surface area (Å²) in [4.78, 5) is 2.50. The van der Waals surface area contributed by atoms with Crippen LogP contribution in [0.15, 0.2) is 18.3 Å². The van der Waals surface area contributed by atoms with Crippen LogP contribution in [0.5, 0.6) is 0 Å². The normalized spacial score (nSPS) is 26.2. The monoisotopic (exact) mass is 248 g/mol. The van der Waals surface area contributed by atoms with Crippen molar-refractivity contribution in [3.8, 4) is 0 Å². The highest BCUT2D eigenvalue weighted by Crippen LogP contribution is 2.24. The van der Waals surface area contributed by atoms with E-state index in [1.807, 2.05) is 12.1 Å². The van der Waals surface area contributed by atoms with Crippen LogP contribution in [0.3, 0.4) is 0 Å². The van der Waals surface area contributed by atoms with Gasteiger partial charge in [-0.05, 0) is 24.5 Å². The van der Waals surface area contributed by atoms with E-state index < -0.39 is 0 Å². The molecule has 0 radical (unpaired) electrons. The van der Waals surface area contributed by atoms with Gasteiger partial charge in [-0.25, -0.2) is 0 Å². The van der Waals surface area contributed by atoms with E-state index in [1.54, 1.807) is 6.20 Å². The molecule has 0 aliphatic carbocycles. The lowest BCUT2D eigenvalue weighted by Gasteiger charge is -2.43. The number of nitrogens with zero attached hydrogens (tertiary/aromatic N) is 3. The summed E-state index contributed by atoms with van der Waals surface area (Å²) in [6.45, 7) is 12.2. The fraction of sp³-hybridized carbons (Fsp3) is 0.714. The van der Waals surface area contributed by atoms with Crippen LogP contribution in [-0.4, -0.2) is 40.3 Å². The van der Waals surface area contributed by atoms with Crippen LogP contribution in [0.2, 0.25) is 0 Å². The van der Waals surface area contributed by atoms with Crippen LogP contribution >= 0.6 is 0 Å². The molecule has 4 nitrogen and oxygen atoms in total. The smallest absolute Gasteiger partial charge is 0.0771 e. The minimum absolute atomic E-state index is 0.292. The molecule has 1 aliphatic rings. The lowest BCUT2D eigenvalue weighted by molar-refractivity contribution is 0.0864. The molecule has 18 heavy (non-hydrogen) atoms. The van der Waals surface area contributed by atoms with Crippen molar-refractivity contribution in [1.82, 2.24) is 20.4 Å². The zero-order chi connectivity index (χ0) is 13.2. The third-order valence-electron chi connectivity index (χ3n) is 3.74. The Hall–Kier alpha value is -1.00. The quantitative estimate of drug-likeness (QED) is 0.864. The fourth-order valence-corrected chi connectivity index (χ4v) is 2.35. The molecule has 2 rings (SSSR count). The van der Waals surface area contributed by atoms with E-state index in [2.05, 4.69) is 48.1 Å². The molecule has 1 N–H and O–H groups in total. The van der Waals surface area contributed by atoms with Crippen LogP contribution in [0.1, 0.15) is 33.4 Å². The molecule has 4 heteroatoms. The van der Waals surface area contributed by atoms with E-state index in [-0.39, 0.29) is 0 Å². The summed E-state index contributed by atoms with van der Waals surface area (Å²) < 4.78 is 0. The molecule has 0 amide bonds. The predicted molar refractivity (Wildman–Crippen MR) is 73.1 cm³/mol. The van der Waals surface area contributed by atoms with E-state index in [4.69, 9.17) is 0 Å². The largest absolute Gasteiger partial charge is 0.311 e. The maximum absolute atomic E-state index is 4.18. The minimum atomic E-state index is 0.292. The maximum Gasteiger partial charge on any atom is 0.0771 e. The molecule has 1 fully saturated rings. The van der Waals surface area contributed by atoms with Gasteiger partial charge in [-0.15, -0.1) is 0 Å². The van der Waals surface area contributed by atoms with Crippen molar-refractivity contribution >= 4 is 0 Å². The summed E-state index contributed by atoms with van der Waals surface area (Å²) in [6.07, 6.45) is 1.72. The molecule has 1 aliphatic heterocycles. The molecule has 1 aromatic heterocycles. The average Bonchev–Trinajstić information content (AvgIpc) is 2.32. The standard InChI is InChI=1S/C14H24N4/c1-11-8-15-13(14(2,3)4)10-18(11)9-12-6-5-7-16-17-12/h5-7,11,13,15H,8-10H2,1-4H3. The van der Waals surface area contributed by atoms with Crippen LogP contribution < -0.4 is 5.32 Å². The Morgan fingerprint density at radius 2 is 2.22 bits per heavy atom. The lowest BCUT2D eigenvalue weighted by Crippen LogP contribution is -2.59. The maximum atomic E-state index is 4.18. The van der Waals surface area contributed by atoms with Gasteiger partial charge in [0.1, 0.15) is 0 Å². The van der Waals surface area contributed by atoms with Crippen LogP contribution in [-0.2, 0) is 6.54 Å². The molecule has 1 saturated heterocycles. The Kier molecular flexibility index (Phi) is 3.97. The third-order valence-corrected chi connectivity index (χ3v) is 3.74. The molecule has 100 valence electrons. The van der Waals surface area contributed by atoms with Crippen molar-refractivity contribution in [2.45, 2.75) is 46.3 Å². The average molecular weight is 248 g/mol. The predicted octanol–water partition coefficient (Wildman–Crippen LogP) is 1.68. The number of rotatable bonds is 2. The zero-order valence-electron chi connectivity index (χ0n) is 11.8. The van der Waals surface area contributed by atoms with Gasteiger partial charge in [-0.3, -0.25) is 4.90 Å². The van der Waals surface area contributed by atoms with Gasteiger partial charge in [0.05, 0.1) is 5.69 Å². The molecule has 1 aromatic rings. The SMILES string of the molecule is CC1CNC(C(C)(C)C)CN1Cc1cccnn1. The zero-order valence-corrected chi connectivity index (χ0v) is 11.8. The van der Waals surface area contributed by atoms with Crippen LogP contribution in [0, 0.1) is 5.41 Å². The van der Waals surface area contributed by atoms with Gasteiger partial charge in [0.2, 0.25) is 0 Å². The number of nitrogens with one attached hydrogen (secondary N) is 1. The second-order valence-corrected chi connectivity index (χ2v) is 6.32. The van der Waals surface area contributed by atoms with Crippen LogP contribution in [0.4, 0.5) is 0 Å². The van der Waals surface area contributed by atoms with E-state index in [0.29, 0.717) is 17.5 Å². The Labute approximate surface area is 110 Å². The Morgan fingerprint density at radius 1 is 1.44 bits per heavy atom. The van der Waals surface area contributed by atoms with Crippen molar-refractivity contribution in [3.63, 3.8) is 0 Å². The first-order valence-corrected chi connectivity index (χ1v) is 6.71. The van der Waals surface area contributed by atoms with Crippen molar-refractivity contribution in [1.29, 1.82) is 0 Å². The number of piperazine rings is 1. The summed E-state index contributed by atoms with van der Waals surface area (Å²) in [5.74, 6) is 0. The van der Waals surface area contributed by atoms with Crippen molar-refractivity contribution < 1.29 is 0 Å². The molecular formula is C14H24N4. The van der Waals surface area contributed by atoms with Gasteiger partial charge in [0, 0.05) is 37.9 Å². The van der Waals surface area contributed by atoms with Gasteiger partial charge in [-0.2, -0.15) is 10.2 Å². The third kappa shape index (κ3) is 3.27. The van der Waals surface area contributed by atoms with Gasteiger partial charge < -0.3 is 5.32 Å². The Bertz CT molecular complexity index is 371. The fourth-order valence-electron chi connectivity index (χ4n) is 2.35. The van der Waals surface area contributed by atoms with E-state index >= 15 is 0 Å². The second-order valence-electron chi connectivity index (χ2n) is 6.32. The molecule has 0 spiro atoms. The first-order valence-electron chi connectivity index (χ1n) is 6.71. The highest BCUT2D eigenvalue weighted by molar-refractivity contribution is 5.01. The molecule has 2 heterocycles. The summed E-state index contributed by atoms with van der Waals surface area (Å²) in [5, 5.41) is 11.8. The second kappa shape index (κ2) is 5.33.